The second-order valence-corrected chi connectivity index (χ2v) is 8.12. The quantitative estimate of drug-likeness (QED) is 0.705. The van der Waals surface area contributed by atoms with Crippen molar-refractivity contribution in [1.29, 1.82) is 0 Å². The molecule has 2 nitrogen and oxygen atoms in total. The second kappa shape index (κ2) is 4.18. The first kappa shape index (κ1) is 11.4. The molecular weight excluding hydrogens is 218 g/mol. The zero-order chi connectivity index (χ0) is 11.3. The largest absolute Gasteiger partial charge is 0.616 e. The highest BCUT2D eigenvalue weighted by molar-refractivity contribution is 7.92. The molecule has 2 bridgehead atoms. The number of hydrogen-bond donors (Lipinski definition) is 0. The Bertz CT molecular complexity index is 263. The molecule has 0 aromatic carbocycles. The molecule has 2 heterocycles. The summed E-state index contributed by atoms with van der Waals surface area (Å²) < 4.78 is 11.6. The van der Waals surface area contributed by atoms with E-state index in [0.29, 0.717) is 11.3 Å². The molecular formula is C13H23NOS. The molecule has 0 N–H and O–H groups in total. The van der Waals surface area contributed by atoms with Gasteiger partial charge in [-0.25, -0.2) is 0 Å². The Labute approximate surface area is 102 Å². The Morgan fingerprint density at radius 3 is 2.56 bits per heavy atom. The fraction of sp³-hybridized carbons (Fsp3) is 1.00. The standard InChI is InChI=1S/C13H23NOS/c1-9(2)11-3-10(4-11)6-14-7-13-5-12(14)8-16(13)15/h9-13H,3-8H2,1-2H3/t10-,11+,12-,13-,16?/m0/s1. The molecule has 3 fully saturated rings. The maximum atomic E-state index is 11.6. The van der Waals surface area contributed by atoms with Crippen molar-refractivity contribution in [3.8, 4) is 0 Å². The Balaban J connectivity index is 1.45. The van der Waals surface area contributed by atoms with Gasteiger partial charge in [-0.3, -0.25) is 4.90 Å². The monoisotopic (exact) mass is 241 g/mol. The van der Waals surface area contributed by atoms with Gasteiger partial charge < -0.3 is 4.55 Å². The normalized spacial score (nSPS) is 47.6. The Morgan fingerprint density at radius 2 is 2.06 bits per heavy atom. The average Bonchev–Trinajstić information content (AvgIpc) is 2.68. The predicted molar refractivity (Wildman–Crippen MR) is 67.8 cm³/mol. The molecule has 0 amide bonds. The first-order valence-corrected chi connectivity index (χ1v) is 8.13. The molecule has 0 aromatic rings. The van der Waals surface area contributed by atoms with Crippen LogP contribution in [-0.4, -0.2) is 39.6 Å². The molecule has 16 heavy (non-hydrogen) atoms. The van der Waals surface area contributed by atoms with Crippen LogP contribution in [0.4, 0.5) is 0 Å². The summed E-state index contributed by atoms with van der Waals surface area (Å²) in [5.74, 6) is 3.77. The number of nitrogens with zero attached hydrogens (tertiary/aromatic N) is 1. The lowest BCUT2D eigenvalue weighted by Crippen LogP contribution is -2.45. The summed E-state index contributed by atoms with van der Waals surface area (Å²) in [5.41, 5.74) is 0. The third-order valence-corrected chi connectivity index (χ3v) is 6.72. The number of hydrogen-bond acceptors (Lipinski definition) is 2. The zero-order valence-electron chi connectivity index (χ0n) is 10.4. The third-order valence-electron chi connectivity index (χ3n) is 4.93. The van der Waals surface area contributed by atoms with E-state index in [2.05, 4.69) is 18.7 Å². The van der Waals surface area contributed by atoms with Crippen molar-refractivity contribution in [2.24, 2.45) is 17.8 Å². The highest BCUT2D eigenvalue weighted by Crippen LogP contribution is 2.41. The first-order chi connectivity index (χ1) is 7.63. The van der Waals surface area contributed by atoms with Crippen LogP contribution in [-0.2, 0) is 11.2 Å². The lowest BCUT2D eigenvalue weighted by molar-refractivity contribution is 0.0922. The molecule has 1 unspecified atom stereocenters. The van der Waals surface area contributed by atoms with Crippen LogP contribution in [0.3, 0.4) is 0 Å². The zero-order valence-corrected chi connectivity index (χ0v) is 11.2. The van der Waals surface area contributed by atoms with E-state index in [9.17, 15) is 4.55 Å². The van der Waals surface area contributed by atoms with E-state index in [4.69, 9.17) is 0 Å². The molecule has 92 valence electrons. The Hall–Kier alpha value is 0.270. The fourth-order valence-electron chi connectivity index (χ4n) is 3.66. The number of rotatable bonds is 3. The molecule has 0 spiro atoms. The van der Waals surface area contributed by atoms with Crippen LogP contribution in [0.2, 0.25) is 0 Å². The summed E-state index contributed by atoms with van der Waals surface area (Å²) in [4.78, 5) is 2.63. The van der Waals surface area contributed by atoms with Crippen LogP contribution in [0.25, 0.3) is 0 Å². The van der Waals surface area contributed by atoms with E-state index < -0.39 is 11.2 Å². The van der Waals surface area contributed by atoms with E-state index >= 15 is 0 Å². The molecule has 1 saturated carbocycles. The maximum absolute atomic E-state index is 11.6. The minimum Gasteiger partial charge on any atom is -0.616 e. The molecule has 3 heteroatoms. The predicted octanol–water partition coefficient (Wildman–Crippen LogP) is 1.87. The van der Waals surface area contributed by atoms with Crippen molar-refractivity contribution in [3.05, 3.63) is 0 Å². The molecule has 0 aromatic heterocycles. The van der Waals surface area contributed by atoms with Gasteiger partial charge >= 0.3 is 0 Å². The SMILES string of the molecule is CC(C)[C@H]1C[C@@H](CN2C[C@@H]3C[C@H]2C[S+]3[O-])C1. The second-order valence-electron chi connectivity index (χ2n) is 6.35. The van der Waals surface area contributed by atoms with Gasteiger partial charge in [-0.05, 0) is 41.8 Å². The van der Waals surface area contributed by atoms with E-state index in [1.54, 1.807) is 0 Å². The van der Waals surface area contributed by atoms with Crippen molar-refractivity contribution >= 4 is 11.2 Å². The van der Waals surface area contributed by atoms with Crippen molar-refractivity contribution < 1.29 is 4.55 Å². The van der Waals surface area contributed by atoms with Crippen LogP contribution in [0.5, 0.6) is 0 Å². The van der Waals surface area contributed by atoms with Crippen molar-refractivity contribution in [2.75, 3.05) is 18.8 Å². The van der Waals surface area contributed by atoms with Gasteiger partial charge in [-0.2, -0.15) is 0 Å². The van der Waals surface area contributed by atoms with E-state index in [1.807, 2.05) is 0 Å². The fourth-order valence-corrected chi connectivity index (χ4v) is 5.46. The Morgan fingerprint density at radius 1 is 1.31 bits per heavy atom. The Kier molecular flexibility index (Phi) is 2.97. The van der Waals surface area contributed by atoms with Gasteiger partial charge in [0, 0.05) is 19.5 Å². The summed E-state index contributed by atoms with van der Waals surface area (Å²) in [5, 5.41) is 0.519. The molecule has 0 radical (unpaired) electrons. The molecule has 1 aliphatic carbocycles. The van der Waals surface area contributed by atoms with Gasteiger partial charge in [0.1, 0.15) is 11.0 Å². The van der Waals surface area contributed by atoms with Gasteiger partial charge in [0.2, 0.25) is 0 Å². The van der Waals surface area contributed by atoms with E-state index in [0.717, 1.165) is 30.1 Å². The highest BCUT2D eigenvalue weighted by Gasteiger charge is 2.48. The lowest BCUT2D eigenvalue weighted by atomic mass is 9.69. The molecule has 3 atom stereocenters. The summed E-state index contributed by atoms with van der Waals surface area (Å²) in [7, 11) is 0. The topological polar surface area (TPSA) is 26.3 Å². The van der Waals surface area contributed by atoms with Crippen LogP contribution in [0, 0.1) is 17.8 Å². The maximum Gasteiger partial charge on any atom is 0.130 e. The van der Waals surface area contributed by atoms with Crippen LogP contribution in [0.15, 0.2) is 0 Å². The molecule has 3 rings (SSSR count). The summed E-state index contributed by atoms with van der Waals surface area (Å²) in [6.07, 6.45) is 4.09. The van der Waals surface area contributed by atoms with Gasteiger partial charge in [0.05, 0.1) is 6.04 Å². The van der Waals surface area contributed by atoms with Crippen LogP contribution < -0.4 is 0 Å². The summed E-state index contributed by atoms with van der Waals surface area (Å²) in [6, 6.07) is 0.670. The van der Waals surface area contributed by atoms with E-state index in [-0.39, 0.29) is 0 Å². The minimum absolute atomic E-state index is 0.486. The van der Waals surface area contributed by atoms with Gasteiger partial charge in [0.25, 0.3) is 0 Å². The molecule has 2 saturated heterocycles. The van der Waals surface area contributed by atoms with E-state index in [1.165, 1.54) is 25.8 Å². The highest BCUT2D eigenvalue weighted by atomic mass is 32.2. The summed E-state index contributed by atoms with van der Waals surface area (Å²) in [6.45, 7) is 7.12. The van der Waals surface area contributed by atoms with Gasteiger partial charge in [-0.1, -0.05) is 13.8 Å². The number of fused-ring (bicyclic) bond motifs is 2. The van der Waals surface area contributed by atoms with Gasteiger partial charge in [0.15, 0.2) is 0 Å². The third kappa shape index (κ3) is 1.91. The van der Waals surface area contributed by atoms with Crippen molar-refractivity contribution in [1.82, 2.24) is 4.90 Å². The van der Waals surface area contributed by atoms with Gasteiger partial charge in [-0.15, -0.1) is 0 Å². The smallest absolute Gasteiger partial charge is 0.130 e. The number of likely N-dealkylation sites (tertiary alicyclic amines) is 1. The molecule has 2 aliphatic heterocycles. The average molecular weight is 241 g/mol. The summed E-state index contributed by atoms with van der Waals surface area (Å²) >= 11 is -0.486. The van der Waals surface area contributed by atoms with Crippen molar-refractivity contribution in [2.45, 2.75) is 44.4 Å². The molecule has 3 aliphatic rings. The van der Waals surface area contributed by atoms with Crippen LogP contribution >= 0.6 is 0 Å². The first-order valence-electron chi connectivity index (χ1n) is 6.74. The lowest BCUT2D eigenvalue weighted by Gasteiger charge is -2.41. The minimum atomic E-state index is -0.486. The van der Waals surface area contributed by atoms with Crippen LogP contribution in [0.1, 0.15) is 33.1 Å². The van der Waals surface area contributed by atoms with Crippen molar-refractivity contribution in [3.63, 3.8) is 0 Å².